The van der Waals surface area contributed by atoms with E-state index in [2.05, 4.69) is 10.4 Å². The molecule has 3 N–H and O–H groups in total. The fourth-order valence-corrected chi connectivity index (χ4v) is 2.15. The Hall–Kier alpha value is -1.20. The fourth-order valence-electron chi connectivity index (χ4n) is 1.66. The molecule has 3 nitrogen and oxygen atoms in total. The number of nitrogens with one attached hydrogen (secondary N) is 1. The third-order valence-electron chi connectivity index (χ3n) is 2.49. The Labute approximate surface area is 114 Å². The molecule has 0 fully saturated rings. The van der Waals surface area contributed by atoms with Crippen molar-refractivity contribution in [2.75, 3.05) is 0 Å². The van der Waals surface area contributed by atoms with Gasteiger partial charge in [-0.2, -0.15) is 0 Å². The first-order chi connectivity index (χ1) is 8.63. The Morgan fingerprint density at radius 2 is 2.00 bits per heavy atom. The predicted molar refractivity (Wildman–Crippen MR) is 69.8 cm³/mol. The first-order valence-electron chi connectivity index (χ1n) is 5.15. The minimum Gasteiger partial charge on any atom is -0.271 e. The van der Waals surface area contributed by atoms with Crippen LogP contribution in [0.2, 0.25) is 10.0 Å². The Morgan fingerprint density at radius 3 is 2.61 bits per heavy atom. The summed E-state index contributed by atoms with van der Waals surface area (Å²) in [6, 6.07) is 7.19. The van der Waals surface area contributed by atoms with Crippen LogP contribution in [-0.4, -0.2) is 4.98 Å². The SMILES string of the molecule is NNC(c1ccccc1F)c1ncc(Cl)cc1Cl. The van der Waals surface area contributed by atoms with Gasteiger partial charge in [-0.15, -0.1) is 0 Å². The molecular weight excluding hydrogens is 276 g/mol. The van der Waals surface area contributed by atoms with Crippen molar-refractivity contribution in [1.82, 2.24) is 10.4 Å². The Morgan fingerprint density at radius 1 is 1.28 bits per heavy atom. The van der Waals surface area contributed by atoms with E-state index in [9.17, 15) is 4.39 Å². The maximum atomic E-state index is 13.7. The second kappa shape index (κ2) is 5.63. The van der Waals surface area contributed by atoms with Gasteiger partial charge in [-0.25, -0.2) is 9.82 Å². The van der Waals surface area contributed by atoms with E-state index in [1.165, 1.54) is 18.3 Å². The van der Waals surface area contributed by atoms with Crippen molar-refractivity contribution in [3.63, 3.8) is 0 Å². The number of rotatable bonds is 3. The number of nitrogens with two attached hydrogens (primary N) is 1. The van der Waals surface area contributed by atoms with E-state index in [1.807, 2.05) is 0 Å². The first-order valence-corrected chi connectivity index (χ1v) is 5.90. The Kier molecular flexibility index (Phi) is 4.14. The standard InChI is InChI=1S/C12H10Cl2FN3/c13-7-5-9(14)12(17-6-7)11(18-16)8-3-1-2-4-10(8)15/h1-6,11,18H,16H2. The summed E-state index contributed by atoms with van der Waals surface area (Å²) in [7, 11) is 0. The molecule has 0 amide bonds. The van der Waals surface area contributed by atoms with Gasteiger partial charge < -0.3 is 0 Å². The van der Waals surface area contributed by atoms with Crippen LogP contribution in [0.3, 0.4) is 0 Å². The summed E-state index contributed by atoms with van der Waals surface area (Å²) in [5.41, 5.74) is 3.30. The number of halogens is 3. The van der Waals surface area contributed by atoms with Crippen LogP contribution in [0.1, 0.15) is 17.3 Å². The van der Waals surface area contributed by atoms with E-state index >= 15 is 0 Å². The third kappa shape index (κ3) is 2.62. The van der Waals surface area contributed by atoms with Gasteiger partial charge in [0.15, 0.2) is 0 Å². The maximum absolute atomic E-state index is 13.7. The van der Waals surface area contributed by atoms with Crippen molar-refractivity contribution in [2.45, 2.75) is 6.04 Å². The highest BCUT2D eigenvalue weighted by atomic mass is 35.5. The van der Waals surface area contributed by atoms with Crippen LogP contribution in [-0.2, 0) is 0 Å². The van der Waals surface area contributed by atoms with Crippen LogP contribution in [0.25, 0.3) is 0 Å². The molecule has 1 atom stereocenters. The zero-order valence-electron chi connectivity index (χ0n) is 9.20. The molecule has 0 bridgehead atoms. The lowest BCUT2D eigenvalue weighted by Crippen LogP contribution is -2.30. The van der Waals surface area contributed by atoms with Gasteiger partial charge in [0, 0.05) is 11.8 Å². The predicted octanol–water partition coefficient (Wildman–Crippen LogP) is 3.08. The lowest BCUT2D eigenvalue weighted by Gasteiger charge is -2.17. The molecular formula is C12H10Cl2FN3. The van der Waals surface area contributed by atoms with Gasteiger partial charge in [-0.05, 0) is 12.1 Å². The minimum absolute atomic E-state index is 0.328. The quantitative estimate of drug-likeness (QED) is 0.673. The summed E-state index contributed by atoms with van der Waals surface area (Å²) in [6.45, 7) is 0. The monoisotopic (exact) mass is 285 g/mol. The molecule has 2 rings (SSSR count). The highest BCUT2D eigenvalue weighted by molar-refractivity contribution is 6.34. The molecule has 0 saturated heterocycles. The van der Waals surface area contributed by atoms with Gasteiger partial charge in [0.05, 0.1) is 21.8 Å². The molecule has 0 spiro atoms. The number of hydrazine groups is 1. The third-order valence-corrected chi connectivity index (χ3v) is 3.00. The van der Waals surface area contributed by atoms with Crippen LogP contribution in [0.4, 0.5) is 4.39 Å². The molecule has 1 heterocycles. The number of hydrogen-bond acceptors (Lipinski definition) is 3. The number of aromatic nitrogens is 1. The van der Waals surface area contributed by atoms with E-state index in [0.717, 1.165) is 0 Å². The maximum Gasteiger partial charge on any atom is 0.128 e. The van der Waals surface area contributed by atoms with Crippen LogP contribution >= 0.6 is 23.2 Å². The lowest BCUT2D eigenvalue weighted by molar-refractivity contribution is 0.553. The van der Waals surface area contributed by atoms with Crippen molar-refractivity contribution in [1.29, 1.82) is 0 Å². The summed E-state index contributed by atoms with van der Waals surface area (Å²) < 4.78 is 13.7. The van der Waals surface area contributed by atoms with Gasteiger partial charge in [-0.1, -0.05) is 41.4 Å². The molecule has 0 radical (unpaired) electrons. The van der Waals surface area contributed by atoms with E-state index in [-0.39, 0.29) is 5.82 Å². The minimum atomic E-state index is -0.629. The van der Waals surface area contributed by atoms with Gasteiger partial charge in [0.2, 0.25) is 0 Å². The van der Waals surface area contributed by atoms with Crippen molar-refractivity contribution in [3.05, 3.63) is 63.6 Å². The zero-order chi connectivity index (χ0) is 13.1. The molecule has 6 heteroatoms. The summed E-state index contributed by atoms with van der Waals surface area (Å²) in [6.07, 6.45) is 1.44. The largest absolute Gasteiger partial charge is 0.271 e. The molecule has 1 aromatic carbocycles. The molecule has 94 valence electrons. The van der Waals surface area contributed by atoms with Crippen LogP contribution in [0, 0.1) is 5.82 Å². The molecule has 0 saturated carbocycles. The van der Waals surface area contributed by atoms with Crippen molar-refractivity contribution >= 4 is 23.2 Å². The van der Waals surface area contributed by atoms with E-state index in [0.29, 0.717) is 21.3 Å². The van der Waals surface area contributed by atoms with Crippen molar-refractivity contribution in [3.8, 4) is 0 Å². The number of pyridine rings is 1. The molecule has 1 aromatic heterocycles. The number of hydrogen-bond donors (Lipinski definition) is 2. The summed E-state index contributed by atoms with van der Waals surface area (Å²) in [5, 5.41) is 0.738. The van der Waals surface area contributed by atoms with Gasteiger partial charge in [0.1, 0.15) is 5.82 Å². The molecule has 1 unspecified atom stereocenters. The first kappa shape index (κ1) is 13.2. The number of benzene rings is 1. The van der Waals surface area contributed by atoms with Crippen molar-refractivity contribution < 1.29 is 4.39 Å². The summed E-state index contributed by atoms with van der Waals surface area (Å²) >= 11 is 11.8. The molecule has 2 aromatic rings. The molecule has 18 heavy (non-hydrogen) atoms. The highest BCUT2D eigenvalue weighted by Gasteiger charge is 2.20. The van der Waals surface area contributed by atoms with Gasteiger partial charge >= 0.3 is 0 Å². The van der Waals surface area contributed by atoms with E-state index in [4.69, 9.17) is 29.0 Å². The van der Waals surface area contributed by atoms with E-state index < -0.39 is 6.04 Å². The molecule has 0 aliphatic carbocycles. The van der Waals surface area contributed by atoms with Crippen LogP contribution in [0.15, 0.2) is 36.5 Å². The second-order valence-electron chi connectivity index (χ2n) is 3.64. The number of nitrogens with zero attached hydrogens (tertiary/aromatic N) is 1. The Balaban J connectivity index is 2.49. The van der Waals surface area contributed by atoms with Gasteiger partial charge in [0.25, 0.3) is 0 Å². The smallest absolute Gasteiger partial charge is 0.128 e. The molecule has 0 aliphatic rings. The lowest BCUT2D eigenvalue weighted by atomic mass is 10.0. The summed E-state index contributed by atoms with van der Waals surface area (Å²) in [4.78, 5) is 4.09. The Bertz CT molecular complexity index is 563. The highest BCUT2D eigenvalue weighted by Crippen LogP contribution is 2.29. The zero-order valence-corrected chi connectivity index (χ0v) is 10.7. The second-order valence-corrected chi connectivity index (χ2v) is 4.49. The van der Waals surface area contributed by atoms with Crippen molar-refractivity contribution in [2.24, 2.45) is 5.84 Å². The normalized spacial score (nSPS) is 12.4. The topological polar surface area (TPSA) is 50.9 Å². The van der Waals surface area contributed by atoms with Gasteiger partial charge in [-0.3, -0.25) is 10.8 Å². The van der Waals surface area contributed by atoms with Crippen LogP contribution in [0.5, 0.6) is 0 Å². The summed E-state index contributed by atoms with van der Waals surface area (Å²) in [5.74, 6) is 5.08. The van der Waals surface area contributed by atoms with E-state index in [1.54, 1.807) is 18.2 Å². The molecule has 0 aliphatic heterocycles. The average molecular weight is 286 g/mol. The average Bonchev–Trinajstić information content (AvgIpc) is 2.34. The fraction of sp³-hybridized carbons (Fsp3) is 0.0833. The van der Waals surface area contributed by atoms with Crippen LogP contribution < -0.4 is 11.3 Å².